The number of nitrogens with one attached hydrogen (secondary N) is 1. The highest BCUT2D eigenvalue weighted by Gasteiger charge is 2.33. The minimum absolute atomic E-state index is 0.0623. The Hall–Kier alpha value is -2.50. The second-order valence-electron chi connectivity index (χ2n) is 4.77. The van der Waals surface area contributed by atoms with Crippen molar-refractivity contribution in [2.75, 3.05) is 5.32 Å². The van der Waals surface area contributed by atoms with Crippen LogP contribution in [0.15, 0.2) is 64.5 Å². The van der Waals surface area contributed by atoms with Gasteiger partial charge in [0, 0.05) is 11.9 Å². The van der Waals surface area contributed by atoms with Crippen LogP contribution in [0, 0.1) is 11.3 Å². The van der Waals surface area contributed by atoms with E-state index in [1.165, 1.54) is 36.4 Å². The van der Waals surface area contributed by atoms with Gasteiger partial charge in [-0.3, -0.25) is 0 Å². The van der Waals surface area contributed by atoms with Crippen LogP contribution in [-0.2, 0) is 16.0 Å². The second kappa shape index (κ2) is 7.17. The van der Waals surface area contributed by atoms with E-state index >= 15 is 0 Å². The Morgan fingerprint density at radius 1 is 1.16 bits per heavy atom. The van der Waals surface area contributed by atoms with E-state index in [-0.39, 0.29) is 10.6 Å². The summed E-state index contributed by atoms with van der Waals surface area (Å²) in [5, 5.41) is 11.0. The molecule has 0 radical (unpaired) electrons. The molecule has 0 amide bonds. The molecule has 2 aromatic rings. The lowest BCUT2D eigenvalue weighted by Crippen LogP contribution is -2.07. The largest absolute Gasteiger partial charge is 0.417 e. The van der Waals surface area contributed by atoms with Gasteiger partial charge in [0.2, 0.25) is 9.84 Å². The molecule has 0 aromatic heterocycles. The number of halogens is 4. The Kier molecular flexibility index (Phi) is 5.40. The number of anilines is 1. The lowest BCUT2D eigenvalue weighted by Gasteiger charge is -2.11. The van der Waals surface area contributed by atoms with E-state index in [2.05, 4.69) is 5.32 Å². The van der Waals surface area contributed by atoms with Crippen molar-refractivity contribution in [2.45, 2.75) is 11.1 Å². The first-order valence-electron chi connectivity index (χ1n) is 6.70. The number of nitrogens with zero attached hydrogens (tertiary/aromatic N) is 1. The molecule has 1 N–H and O–H groups in total. The molecule has 4 nitrogen and oxygen atoms in total. The van der Waals surface area contributed by atoms with Crippen molar-refractivity contribution in [3.05, 3.63) is 70.2 Å². The zero-order valence-electron chi connectivity index (χ0n) is 12.4. The molecule has 9 heteroatoms. The van der Waals surface area contributed by atoms with Gasteiger partial charge in [0.05, 0.1) is 15.5 Å². The van der Waals surface area contributed by atoms with Crippen LogP contribution in [0.4, 0.5) is 18.9 Å². The Balaban J connectivity index is 2.36. The van der Waals surface area contributed by atoms with Crippen LogP contribution in [0.3, 0.4) is 0 Å². The molecule has 0 unspecified atom stereocenters. The fourth-order valence-corrected chi connectivity index (χ4v) is 3.21. The van der Waals surface area contributed by atoms with Crippen LogP contribution in [0.5, 0.6) is 0 Å². The van der Waals surface area contributed by atoms with Crippen LogP contribution in [0.25, 0.3) is 0 Å². The number of nitriles is 1. The highest BCUT2D eigenvalue weighted by molar-refractivity contribution is 7.95. The maximum Gasteiger partial charge on any atom is 0.417 e. The minimum atomic E-state index is -4.66. The molecule has 25 heavy (non-hydrogen) atoms. The van der Waals surface area contributed by atoms with Crippen molar-refractivity contribution in [1.82, 2.24) is 0 Å². The third kappa shape index (κ3) is 4.32. The Morgan fingerprint density at radius 3 is 2.36 bits per heavy atom. The SMILES string of the molecule is N#CC(=CNc1ccc(Cl)c(C(F)(F)F)c1)S(=O)(=O)c1ccccc1. The standard InChI is InChI=1S/C16H10ClF3N2O2S/c17-15-7-6-11(8-14(15)16(18,19)20)22-10-13(9-21)25(23,24)12-4-2-1-3-5-12/h1-8,10,22H. The molecule has 0 aliphatic rings. The van der Waals surface area contributed by atoms with Gasteiger partial charge in [-0.25, -0.2) is 8.42 Å². The number of allylic oxidation sites excluding steroid dienone is 1. The van der Waals surface area contributed by atoms with Gasteiger partial charge in [-0.05, 0) is 30.3 Å². The van der Waals surface area contributed by atoms with Crippen molar-refractivity contribution in [2.24, 2.45) is 0 Å². The summed E-state index contributed by atoms with van der Waals surface area (Å²) in [5.74, 6) is 0. The first kappa shape index (κ1) is 18.8. The first-order chi connectivity index (χ1) is 11.7. The molecule has 0 saturated carbocycles. The van der Waals surface area contributed by atoms with Crippen LogP contribution < -0.4 is 5.32 Å². The Bertz CT molecular complexity index is 950. The molecule has 2 rings (SSSR count). The molecule has 0 heterocycles. The van der Waals surface area contributed by atoms with Crippen molar-refractivity contribution in [3.8, 4) is 6.07 Å². The van der Waals surface area contributed by atoms with E-state index < -0.39 is 31.5 Å². The van der Waals surface area contributed by atoms with Gasteiger partial charge in [0.25, 0.3) is 0 Å². The van der Waals surface area contributed by atoms with Gasteiger partial charge in [0.15, 0.2) is 4.91 Å². The fraction of sp³-hybridized carbons (Fsp3) is 0.0625. The Morgan fingerprint density at radius 2 is 1.80 bits per heavy atom. The van der Waals surface area contributed by atoms with Crippen molar-refractivity contribution >= 4 is 27.1 Å². The molecule has 0 aliphatic heterocycles. The number of sulfone groups is 1. The number of hydrogen-bond acceptors (Lipinski definition) is 4. The highest BCUT2D eigenvalue weighted by atomic mass is 35.5. The lowest BCUT2D eigenvalue weighted by atomic mass is 10.2. The second-order valence-corrected chi connectivity index (χ2v) is 7.10. The number of alkyl halides is 3. The van der Waals surface area contributed by atoms with E-state index in [1.54, 1.807) is 6.07 Å². The monoisotopic (exact) mass is 386 g/mol. The predicted octanol–water partition coefficient (Wildman–Crippen LogP) is 4.61. The summed E-state index contributed by atoms with van der Waals surface area (Å²) in [6.45, 7) is 0. The predicted molar refractivity (Wildman–Crippen MR) is 87.4 cm³/mol. The zero-order valence-corrected chi connectivity index (χ0v) is 14.0. The maximum absolute atomic E-state index is 12.8. The third-order valence-corrected chi connectivity index (χ3v) is 5.11. The molecular formula is C16H10ClF3N2O2S. The van der Waals surface area contributed by atoms with Gasteiger partial charge in [-0.2, -0.15) is 18.4 Å². The van der Waals surface area contributed by atoms with Crippen molar-refractivity contribution in [3.63, 3.8) is 0 Å². The van der Waals surface area contributed by atoms with Gasteiger partial charge in [-0.15, -0.1) is 0 Å². The average Bonchev–Trinajstić information content (AvgIpc) is 2.56. The van der Waals surface area contributed by atoms with Gasteiger partial charge in [0.1, 0.15) is 6.07 Å². The normalized spacial score (nSPS) is 12.5. The molecule has 0 bridgehead atoms. The minimum Gasteiger partial charge on any atom is -0.360 e. The Labute approximate surface area is 147 Å². The number of benzene rings is 2. The maximum atomic E-state index is 12.8. The fourth-order valence-electron chi connectivity index (χ4n) is 1.88. The van der Waals surface area contributed by atoms with Gasteiger partial charge < -0.3 is 5.32 Å². The zero-order chi connectivity index (χ0) is 18.7. The number of rotatable bonds is 4. The molecular weight excluding hydrogens is 377 g/mol. The summed E-state index contributed by atoms with van der Waals surface area (Å²) in [6, 6.07) is 11.7. The molecule has 0 fully saturated rings. The average molecular weight is 387 g/mol. The van der Waals surface area contributed by atoms with E-state index in [0.717, 1.165) is 18.3 Å². The molecule has 0 spiro atoms. The van der Waals surface area contributed by atoms with Gasteiger partial charge in [-0.1, -0.05) is 29.8 Å². The van der Waals surface area contributed by atoms with Gasteiger partial charge >= 0.3 is 6.18 Å². The summed E-state index contributed by atoms with van der Waals surface area (Å²) in [6.07, 6.45) is -3.82. The lowest BCUT2D eigenvalue weighted by molar-refractivity contribution is -0.137. The van der Waals surface area contributed by atoms with Crippen LogP contribution in [-0.4, -0.2) is 8.42 Å². The first-order valence-corrected chi connectivity index (χ1v) is 8.56. The smallest absolute Gasteiger partial charge is 0.360 e. The topological polar surface area (TPSA) is 70.0 Å². The highest BCUT2D eigenvalue weighted by Crippen LogP contribution is 2.36. The number of hydrogen-bond donors (Lipinski definition) is 1. The van der Waals surface area contributed by atoms with E-state index in [9.17, 15) is 21.6 Å². The van der Waals surface area contributed by atoms with Crippen LogP contribution >= 0.6 is 11.6 Å². The summed E-state index contributed by atoms with van der Waals surface area (Å²) < 4.78 is 63.2. The quantitative estimate of drug-likeness (QED) is 0.779. The van der Waals surface area contributed by atoms with E-state index in [1.807, 2.05) is 0 Å². The molecule has 0 atom stereocenters. The summed E-state index contributed by atoms with van der Waals surface area (Å²) in [5.41, 5.74) is -1.13. The van der Waals surface area contributed by atoms with E-state index in [4.69, 9.17) is 16.9 Å². The summed E-state index contributed by atoms with van der Waals surface area (Å²) in [7, 11) is -4.08. The molecule has 130 valence electrons. The molecule has 2 aromatic carbocycles. The summed E-state index contributed by atoms with van der Waals surface area (Å²) >= 11 is 5.51. The van der Waals surface area contributed by atoms with Crippen molar-refractivity contribution < 1.29 is 21.6 Å². The van der Waals surface area contributed by atoms with Crippen molar-refractivity contribution in [1.29, 1.82) is 5.26 Å². The molecule has 0 aliphatic carbocycles. The summed E-state index contributed by atoms with van der Waals surface area (Å²) in [4.78, 5) is -0.737. The van der Waals surface area contributed by atoms with Crippen LogP contribution in [0.2, 0.25) is 5.02 Å². The third-order valence-electron chi connectivity index (χ3n) is 3.09. The molecule has 0 saturated heterocycles. The van der Waals surface area contributed by atoms with E-state index in [0.29, 0.717) is 0 Å². The van der Waals surface area contributed by atoms with Crippen LogP contribution in [0.1, 0.15) is 5.56 Å².